The molecule has 0 spiro atoms. The van der Waals surface area contributed by atoms with Gasteiger partial charge in [0.1, 0.15) is 12.4 Å². The summed E-state index contributed by atoms with van der Waals surface area (Å²) in [6, 6.07) is 14.8. The van der Waals surface area contributed by atoms with E-state index in [1.807, 2.05) is 36.4 Å². The van der Waals surface area contributed by atoms with Gasteiger partial charge in [0.2, 0.25) is 0 Å². The van der Waals surface area contributed by atoms with Gasteiger partial charge in [0, 0.05) is 16.3 Å². The summed E-state index contributed by atoms with van der Waals surface area (Å²) in [6.45, 7) is 0. The van der Waals surface area contributed by atoms with Gasteiger partial charge in [-0.25, -0.2) is 4.68 Å². The number of nitrogens with zero attached hydrogens (tertiary/aromatic N) is 3. The van der Waals surface area contributed by atoms with Crippen LogP contribution in [0.4, 0.5) is 11.4 Å². The van der Waals surface area contributed by atoms with Gasteiger partial charge in [0.05, 0.1) is 4.92 Å². The minimum absolute atomic E-state index is 0.00193. The third-order valence-electron chi connectivity index (χ3n) is 3.88. The third-order valence-corrected chi connectivity index (χ3v) is 4.13. The fraction of sp³-hybridized carbons (Fsp3) is 0.0625. The van der Waals surface area contributed by atoms with Crippen LogP contribution in [-0.2, 0) is 0 Å². The van der Waals surface area contributed by atoms with Gasteiger partial charge < -0.3 is 5.32 Å². The molecule has 1 N–H and O–H groups in total. The first kappa shape index (κ1) is 13.8. The normalized spacial score (nSPS) is 15.4. The van der Waals surface area contributed by atoms with Gasteiger partial charge in [-0.2, -0.15) is 5.10 Å². The predicted molar refractivity (Wildman–Crippen MR) is 87.5 cm³/mol. The fourth-order valence-corrected chi connectivity index (χ4v) is 2.96. The van der Waals surface area contributed by atoms with Gasteiger partial charge in [0.15, 0.2) is 5.69 Å². The molecule has 2 aromatic carbocycles. The molecule has 1 aliphatic rings. The molecule has 1 unspecified atom stereocenters. The van der Waals surface area contributed by atoms with E-state index in [9.17, 15) is 10.1 Å². The van der Waals surface area contributed by atoms with Crippen molar-refractivity contribution in [2.24, 2.45) is 0 Å². The molecular weight excluding hydrogens is 316 g/mol. The van der Waals surface area contributed by atoms with Crippen LogP contribution >= 0.6 is 11.6 Å². The zero-order chi connectivity index (χ0) is 16.0. The lowest BCUT2D eigenvalue weighted by atomic mass is 10.0. The fourth-order valence-electron chi connectivity index (χ4n) is 2.84. The Kier molecular flexibility index (Phi) is 3.06. The highest BCUT2D eigenvalue weighted by molar-refractivity contribution is 6.30. The van der Waals surface area contributed by atoms with E-state index in [1.165, 1.54) is 6.20 Å². The topological polar surface area (TPSA) is 73.0 Å². The number of para-hydroxylation sites is 1. The van der Waals surface area contributed by atoms with Crippen LogP contribution in [0.2, 0.25) is 5.02 Å². The van der Waals surface area contributed by atoms with Crippen LogP contribution < -0.4 is 5.32 Å². The van der Waals surface area contributed by atoms with Crippen LogP contribution in [0.1, 0.15) is 11.7 Å². The number of halogens is 1. The minimum Gasteiger partial charge on any atom is -0.359 e. The molecule has 0 radical (unpaired) electrons. The van der Waals surface area contributed by atoms with Crippen molar-refractivity contribution in [1.29, 1.82) is 0 Å². The molecule has 0 amide bonds. The Balaban J connectivity index is 1.93. The van der Waals surface area contributed by atoms with E-state index in [4.69, 9.17) is 11.6 Å². The van der Waals surface area contributed by atoms with E-state index in [0.717, 1.165) is 16.8 Å². The number of anilines is 1. The maximum atomic E-state index is 11.3. The Labute approximate surface area is 136 Å². The lowest BCUT2D eigenvalue weighted by molar-refractivity contribution is -0.384. The summed E-state index contributed by atoms with van der Waals surface area (Å²) in [6.07, 6.45) is 0.966. The highest BCUT2D eigenvalue weighted by atomic mass is 35.5. The number of hydrogen-bond donors (Lipinski definition) is 1. The van der Waals surface area contributed by atoms with Crippen LogP contribution in [0.25, 0.3) is 11.3 Å². The summed E-state index contributed by atoms with van der Waals surface area (Å²) in [5, 5.41) is 19.6. The number of benzene rings is 2. The highest BCUT2D eigenvalue weighted by Gasteiger charge is 2.32. The second-order valence-corrected chi connectivity index (χ2v) is 5.66. The maximum Gasteiger partial charge on any atom is 0.315 e. The van der Waals surface area contributed by atoms with E-state index < -0.39 is 4.92 Å². The lowest BCUT2D eigenvalue weighted by Gasteiger charge is -2.28. The second kappa shape index (κ2) is 5.10. The quantitative estimate of drug-likeness (QED) is 0.568. The summed E-state index contributed by atoms with van der Waals surface area (Å²) >= 11 is 5.95. The van der Waals surface area contributed by atoms with Crippen LogP contribution in [0.3, 0.4) is 0 Å². The number of nitro groups is 1. The first-order valence-corrected chi connectivity index (χ1v) is 7.36. The summed E-state index contributed by atoms with van der Waals surface area (Å²) in [7, 11) is 0. The van der Waals surface area contributed by atoms with Gasteiger partial charge in [-0.05, 0) is 23.8 Å². The Morgan fingerprint density at radius 1 is 1.17 bits per heavy atom. The average Bonchev–Trinajstić information content (AvgIpc) is 3.00. The van der Waals surface area contributed by atoms with Gasteiger partial charge in [-0.15, -0.1) is 0 Å². The van der Waals surface area contributed by atoms with Crippen molar-refractivity contribution in [2.45, 2.75) is 6.17 Å². The zero-order valence-corrected chi connectivity index (χ0v) is 12.6. The van der Waals surface area contributed by atoms with Gasteiger partial charge in [-0.1, -0.05) is 41.9 Å². The van der Waals surface area contributed by atoms with Crippen LogP contribution in [0.5, 0.6) is 0 Å². The van der Waals surface area contributed by atoms with Crippen LogP contribution in [0.15, 0.2) is 54.7 Å². The molecule has 2 heterocycles. The van der Waals surface area contributed by atoms with Crippen molar-refractivity contribution in [2.75, 3.05) is 5.32 Å². The molecule has 1 aromatic heterocycles. The molecule has 0 saturated carbocycles. The largest absolute Gasteiger partial charge is 0.359 e. The predicted octanol–water partition coefficient (Wildman–Crippen LogP) is 4.08. The molecule has 4 rings (SSSR count). The summed E-state index contributed by atoms with van der Waals surface area (Å²) in [5.74, 6) is 0. The maximum absolute atomic E-state index is 11.3. The highest BCUT2D eigenvalue weighted by Crippen LogP contribution is 2.42. The average molecular weight is 327 g/mol. The Bertz CT molecular complexity index is 905. The summed E-state index contributed by atoms with van der Waals surface area (Å²) < 4.78 is 1.64. The number of hydrogen-bond acceptors (Lipinski definition) is 4. The van der Waals surface area contributed by atoms with E-state index in [-0.39, 0.29) is 11.9 Å². The van der Waals surface area contributed by atoms with Crippen LogP contribution in [-0.4, -0.2) is 14.7 Å². The zero-order valence-electron chi connectivity index (χ0n) is 11.8. The molecule has 23 heavy (non-hydrogen) atoms. The van der Waals surface area contributed by atoms with Crippen molar-refractivity contribution in [3.05, 3.63) is 75.4 Å². The van der Waals surface area contributed by atoms with Crippen molar-refractivity contribution in [3.8, 4) is 11.3 Å². The Morgan fingerprint density at radius 3 is 2.65 bits per heavy atom. The van der Waals surface area contributed by atoms with Crippen LogP contribution in [0, 0.1) is 10.1 Å². The third kappa shape index (κ3) is 2.15. The van der Waals surface area contributed by atoms with Gasteiger partial charge >= 0.3 is 5.69 Å². The molecule has 0 bridgehead atoms. The Hall–Kier alpha value is -2.86. The number of rotatable bonds is 2. The molecule has 3 aromatic rings. The number of nitrogens with one attached hydrogen (secondary N) is 1. The minimum atomic E-state index is -0.403. The van der Waals surface area contributed by atoms with Crippen molar-refractivity contribution in [3.63, 3.8) is 0 Å². The summed E-state index contributed by atoms with van der Waals surface area (Å²) in [5.41, 5.74) is 3.02. The lowest BCUT2D eigenvalue weighted by Crippen LogP contribution is -2.25. The Morgan fingerprint density at radius 2 is 1.91 bits per heavy atom. The van der Waals surface area contributed by atoms with E-state index in [2.05, 4.69) is 10.4 Å². The first-order chi connectivity index (χ1) is 11.1. The van der Waals surface area contributed by atoms with E-state index >= 15 is 0 Å². The molecule has 1 aliphatic heterocycles. The molecule has 0 saturated heterocycles. The van der Waals surface area contributed by atoms with E-state index in [0.29, 0.717) is 10.7 Å². The van der Waals surface area contributed by atoms with Crippen molar-refractivity contribution in [1.82, 2.24) is 9.78 Å². The monoisotopic (exact) mass is 326 g/mol. The SMILES string of the molecule is O=[N+]([O-])c1cnn2c1-c1ccccc1NC2c1ccc(Cl)cc1. The second-order valence-electron chi connectivity index (χ2n) is 5.22. The number of aromatic nitrogens is 2. The molecule has 6 nitrogen and oxygen atoms in total. The van der Waals surface area contributed by atoms with Gasteiger partial charge in [-0.3, -0.25) is 10.1 Å². The first-order valence-electron chi connectivity index (χ1n) is 6.98. The van der Waals surface area contributed by atoms with Gasteiger partial charge in [0.25, 0.3) is 0 Å². The molecule has 0 aliphatic carbocycles. The summed E-state index contributed by atoms with van der Waals surface area (Å²) in [4.78, 5) is 10.9. The van der Waals surface area contributed by atoms with E-state index in [1.54, 1.807) is 16.8 Å². The molecular formula is C16H11ClN4O2. The molecule has 1 atom stereocenters. The van der Waals surface area contributed by atoms with Crippen molar-refractivity contribution >= 4 is 23.0 Å². The standard InChI is InChI=1S/C16H11ClN4O2/c17-11-7-5-10(6-8-11)16-19-13-4-2-1-3-12(13)15-14(21(22)23)9-18-20(15)16/h1-9,16,19H. The smallest absolute Gasteiger partial charge is 0.315 e. The number of fused-ring (bicyclic) bond motifs is 3. The molecule has 114 valence electrons. The molecule has 0 fully saturated rings. The van der Waals surface area contributed by atoms with Crippen molar-refractivity contribution < 1.29 is 4.92 Å². The molecule has 7 heteroatoms.